The molecular weight excluding hydrogens is 318 g/mol. The van der Waals surface area contributed by atoms with Crippen molar-refractivity contribution in [1.82, 2.24) is 15.5 Å². The van der Waals surface area contributed by atoms with E-state index in [1.807, 2.05) is 18.2 Å². The summed E-state index contributed by atoms with van der Waals surface area (Å²) in [6.07, 6.45) is 1.73. The van der Waals surface area contributed by atoms with Gasteiger partial charge in [0.1, 0.15) is 5.69 Å². The SMILES string of the molecule is O=C(N[C@H]1CC[C@@H](C(=O)O)C1)c1cc(-c2ccccc2Cl)n[nH]1. The average Bonchev–Trinajstić information content (AvgIpc) is 3.16. The number of carbonyl (C=O) groups is 2. The molecule has 3 rings (SSSR count). The molecule has 1 aliphatic rings. The summed E-state index contributed by atoms with van der Waals surface area (Å²) in [6, 6.07) is 8.78. The van der Waals surface area contributed by atoms with E-state index in [4.69, 9.17) is 16.7 Å². The molecule has 1 heterocycles. The van der Waals surface area contributed by atoms with Crippen LogP contribution in [0.3, 0.4) is 0 Å². The Balaban J connectivity index is 1.68. The number of hydrogen-bond donors (Lipinski definition) is 3. The first-order valence-corrected chi connectivity index (χ1v) is 7.76. The monoisotopic (exact) mass is 333 g/mol. The third kappa shape index (κ3) is 3.37. The Kier molecular flexibility index (Phi) is 4.34. The molecule has 0 aliphatic heterocycles. The lowest BCUT2D eigenvalue weighted by molar-refractivity contribution is -0.141. The number of carboxylic acid groups (broad SMARTS) is 1. The van der Waals surface area contributed by atoms with Crippen LogP contribution < -0.4 is 5.32 Å². The van der Waals surface area contributed by atoms with E-state index < -0.39 is 5.97 Å². The molecule has 0 spiro atoms. The molecule has 1 fully saturated rings. The van der Waals surface area contributed by atoms with Crippen molar-refractivity contribution in [2.75, 3.05) is 0 Å². The van der Waals surface area contributed by atoms with Gasteiger partial charge in [0, 0.05) is 11.6 Å². The highest BCUT2D eigenvalue weighted by Gasteiger charge is 2.30. The smallest absolute Gasteiger partial charge is 0.306 e. The van der Waals surface area contributed by atoms with E-state index in [0.29, 0.717) is 35.7 Å². The van der Waals surface area contributed by atoms with Crippen LogP contribution in [0, 0.1) is 5.92 Å². The zero-order chi connectivity index (χ0) is 16.4. The molecule has 6 nitrogen and oxygen atoms in total. The second-order valence-electron chi connectivity index (χ2n) is 5.67. The summed E-state index contributed by atoms with van der Waals surface area (Å²) in [5.41, 5.74) is 1.67. The summed E-state index contributed by atoms with van der Waals surface area (Å²) in [5, 5.41) is 19.2. The summed E-state index contributed by atoms with van der Waals surface area (Å²) in [5.74, 6) is -1.46. The predicted molar refractivity (Wildman–Crippen MR) is 85.3 cm³/mol. The summed E-state index contributed by atoms with van der Waals surface area (Å²) >= 11 is 6.12. The Morgan fingerprint density at radius 3 is 2.78 bits per heavy atom. The number of nitrogens with one attached hydrogen (secondary N) is 2. The summed E-state index contributed by atoms with van der Waals surface area (Å²) < 4.78 is 0. The predicted octanol–water partition coefficient (Wildman–Crippen LogP) is 2.71. The van der Waals surface area contributed by atoms with Gasteiger partial charge >= 0.3 is 5.97 Å². The van der Waals surface area contributed by atoms with Crippen LogP contribution in [0.1, 0.15) is 29.8 Å². The van der Waals surface area contributed by atoms with Crippen molar-refractivity contribution in [3.8, 4) is 11.3 Å². The van der Waals surface area contributed by atoms with Gasteiger partial charge in [0.2, 0.25) is 0 Å². The zero-order valence-electron chi connectivity index (χ0n) is 12.3. The summed E-state index contributed by atoms with van der Waals surface area (Å²) in [4.78, 5) is 23.2. The molecule has 1 aromatic carbocycles. The quantitative estimate of drug-likeness (QED) is 0.801. The number of aromatic nitrogens is 2. The molecule has 0 saturated heterocycles. The van der Waals surface area contributed by atoms with E-state index >= 15 is 0 Å². The van der Waals surface area contributed by atoms with Gasteiger partial charge in [0.15, 0.2) is 0 Å². The molecule has 2 atom stereocenters. The summed E-state index contributed by atoms with van der Waals surface area (Å²) in [7, 11) is 0. The number of aromatic amines is 1. The number of amides is 1. The fraction of sp³-hybridized carbons (Fsp3) is 0.312. The molecule has 0 bridgehead atoms. The van der Waals surface area contributed by atoms with Crippen LogP contribution in [-0.2, 0) is 4.79 Å². The van der Waals surface area contributed by atoms with Gasteiger partial charge in [-0.3, -0.25) is 14.7 Å². The highest BCUT2D eigenvalue weighted by Crippen LogP contribution is 2.27. The van der Waals surface area contributed by atoms with Crippen LogP contribution in [-0.4, -0.2) is 33.2 Å². The normalized spacial score (nSPS) is 20.4. The number of hydrogen-bond acceptors (Lipinski definition) is 3. The van der Waals surface area contributed by atoms with Crippen molar-refractivity contribution in [1.29, 1.82) is 0 Å². The third-order valence-corrected chi connectivity index (χ3v) is 4.42. The van der Waals surface area contributed by atoms with Crippen molar-refractivity contribution in [2.45, 2.75) is 25.3 Å². The first-order chi connectivity index (χ1) is 11.0. The highest BCUT2D eigenvalue weighted by molar-refractivity contribution is 6.33. The lowest BCUT2D eigenvalue weighted by Crippen LogP contribution is -2.33. The Hall–Kier alpha value is -2.34. The summed E-state index contributed by atoms with van der Waals surface area (Å²) in [6.45, 7) is 0. The van der Waals surface area contributed by atoms with Crippen LogP contribution in [0.15, 0.2) is 30.3 Å². The minimum absolute atomic E-state index is 0.115. The second-order valence-corrected chi connectivity index (χ2v) is 6.07. The van der Waals surface area contributed by atoms with Crippen LogP contribution in [0.2, 0.25) is 5.02 Å². The van der Waals surface area contributed by atoms with Gasteiger partial charge in [-0.2, -0.15) is 5.10 Å². The fourth-order valence-corrected chi connectivity index (χ4v) is 3.08. The van der Waals surface area contributed by atoms with Gasteiger partial charge in [-0.15, -0.1) is 0 Å². The Labute approximate surface area is 137 Å². The van der Waals surface area contributed by atoms with Crippen molar-refractivity contribution >= 4 is 23.5 Å². The molecule has 7 heteroatoms. The van der Waals surface area contributed by atoms with Crippen LogP contribution in [0.5, 0.6) is 0 Å². The maximum Gasteiger partial charge on any atom is 0.306 e. The minimum Gasteiger partial charge on any atom is -0.481 e. The number of aliphatic carboxylic acids is 1. The third-order valence-electron chi connectivity index (χ3n) is 4.09. The van der Waals surface area contributed by atoms with Crippen LogP contribution in [0.4, 0.5) is 0 Å². The maximum absolute atomic E-state index is 12.2. The lowest BCUT2D eigenvalue weighted by atomic mass is 10.1. The number of nitrogens with zero attached hydrogens (tertiary/aromatic N) is 1. The van der Waals surface area contributed by atoms with E-state index in [1.165, 1.54) is 0 Å². The zero-order valence-corrected chi connectivity index (χ0v) is 13.0. The van der Waals surface area contributed by atoms with Gasteiger partial charge in [0.25, 0.3) is 5.91 Å². The van der Waals surface area contributed by atoms with Crippen molar-refractivity contribution in [2.24, 2.45) is 5.92 Å². The molecule has 23 heavy (non-hydrogen) atoms. The van der Waals surface area contributed by atoms with Crippen LogP contribution >= 0.6 is 11.6 Å². The standard InChI is InChI=1S/C16H16ClN3O3/c17-12-4-2-1-3-11(12)13-8-14(20-19-13)15(21)18-10-6-5-9(7-10)16(22)23/h1-4,8-10H,5-7H2,(H,18,21)(H,19,20)(H,22,23)/t9-,10+/m1/s1. The molecule has 0 radical (unpaired) electrons. The van der Waals surface area contributed by atoms with E-state index in [2.05, 4.69) is 15.5 Å². The Morgan fingerprint density at radius 1 is 1.30 bits per heavy atom. The van der Waals surface area contributed by atoms with Crippen molar-refractivity contribution in [3.63, 3.8) is 0 Å². The van der Waals surface area contributed by atoms with E-state index in [1.54, 1.807) is 12.1 Å². The van der Waals surface area contributed by atoms with Crippen LogP contribution in [0.25, 0.3) is 11.3 Å². The first kappa shape index (κ1) is 15.6. The van der Waals surface area contributed by atoms with E-state index in [9.17, 15) is 9.59 Å². The van der Waals surface area contributed by atoms with E-state index in [-0.39, 0.29) is 17.9 Å². The highest BCUT2D eigenvalue weighted by atomic mass is 35.5. The minimum atomic E-state index is -0.802. The molecule has 1 amide bonds. The van der Waals surface area contributed by atoms with E-state index in [0.717, 1.165) is 5.56 Å². The number of benzene rings is 1. The Bertz CT molecular complexity index is 744. The lowest BCUT2D eigenvalue weighted by Gasteiger charge is -2.11. The largest absolute Gasteiger partial charge is 0.481 e. The number of carbonyl (C=O) groups excluding carboxylic acids is 1. The molecule has 0 unspecified atom stereocenters. The molecule has 1 aliphatic carbocycles. The van der Waals surface area contributed by atoms with Gasteiger partial charge < -0.3 is 10.4 Å². The fourth-order valence-electron chi connectivity index (χ4n) is 2.84. The van der Waals surface area contributed by atoms with Gasteiger partial charge in [-0.25, -0.2) is 0 Å². The topological polar surface area (TPSA) is 95.1 Å². The number of carboxylic acids is 1. The van der Waals surface area contributed by atoms with Crippen molar-refractivity contribution < 1.29 is 14.7 Å². The number of H-pyrrole nitrogens is 1. The van der Waals surface area contributed by atoms with Crippen molar-refractivity contribution in [3.05, 3.63) is 41.0 Å². The Morgan fingerprint density at radius 2 is 2.09 bits per heavy atom. The first-order valence-electron chi connectivity index (χ1n) is 7.38. The molecule has 1 aromatic heterocycles. The van der Waals surface area contributed by atoms with Gasteiger partial charge in [-0.05, 0) is 31.4 Å². The molecule has 3 N–H and O–H groups in total. The van der Waals surface area contributed by atoms with Gasteiger partial charge in [0.05, 0.1) is 16.6 Å². The average molecular weight is 334 g/mol. The van der Waals surface area contributed by atoms with Gasteiger partial charge in [-0.1, -0.05) is 29.8 Å². The molecule has 2 aromatic rings. The molecular formula is C16H16ClN3O3. The molecule has 120 valence electrons. The second kappa shape index (κ2) is 6.42. The maximum atomic E-state index is 12.2. The number of halogens is 1. The molecule has 1 saturated carbocycles. The number of rotatable bonds is 4.